The molecular formula is C14H18N2O3. The number of nitrogens with zero attached hydrogens (tertiary/aromatic N) is 1. The third kappa shape index (κ3) is 3.79. The summed E-state index contributed by atoms with van der Waals surface area (Å²) in [4.78, 5) is 24.7. The van der Waals surface area contributed by atoms with E-state index in [1.54, 1.807) is 4.90 Å². The molecule has 0 bridgehead atoms. The Balaban J connectivity index is 1.77. The molecule has 1 aromatic rings. The smallest absolute Gasteiger partial charge is 0.239 e. The van der Waals surface area contributed by atoms with E-state index in [1.165, 1.54) is 0 Å². The van der Waals surface area contributed by atoms with E-state index in [0.29, 0.717) is 19.5 Å². The van der Waals surface area contributed by atoms with Crippen LogP contribution in [0.1, 0.15) is 24.0 Å². The van der Waals surface area contributed by atoms with Crippen LogP contribution >= 0.6 is 0 Å². The Morgan fingerprint density at radius 2 is 1.95 bits per heavy atom. The van der Waals surface area contributed by atoms with Gasteiger partial charge in [-0.3, -0.25) is 9.59 Å². The number of carbonyl (C=O) groups excluding carboxylic acids is 2. The average Bonchev–Trinajstić information content (AvgIpc) is 2.82. The van der Waals surface area contributed by atoms with E-state index < -0.39 is 0 Å². The second-order valence-corrected chi connectivity index (χ2v) is 4.67. The maximum atomic E-state index is 11.7. The summed E-state index contributed by atoms with van der Waals surface area (Å²) in [6, 6.07) is 7.39. The summed E-state index contributed by atoms with van der Waals surface area (Å²) in [5.41, 5.74) is 1.82. The van der Waals surface area contributed by atoms with Gasteiger partial charge in [-0.2, -0.15) is 0 Å². The number of carbonyl (C=O) groups is 2. The number of rotatable bonds is 5. The molecule has 1 fully saturated rings. The van der Waals surface area contributed by atoms with Gasteiger partial charge in [-0.1, -0.05) is 24.3 Å². The molecule has 1 aliphatic rings. The van der Waals surface area contributed by atoms with E-state index in [9.17, 15) is 9.59 Å². The second kappa shape index (κ2) is 6.33. The van der Waals surface area contributed by atoms with Crippen LogP contribution in [0, 0.1) is 0 Å². The van der Waals surface area contributed by atoms with Crippen molar-refractivity contribution in [1.82, 2.24) is 10.2 Å². The highest BCUT2D eigenvalue weighted by Gasteiger charge is 2.21. The SMILES string of the molecule is O=C(CN1CCCC1=O)NCc1ccc(CO)cc1. The van der Waals surface area contributed by atoms with Crippen LogP contribution in [0.4, 0.5) is 0 Å². The van der Waals surface area contributed by atoms with Crippen molar-refractivity contribution in [2.45, 2.75) is 26.0 Å². The van der Waals surface area contributed by atoms with E-state index in [-0.39, 0.29) is 25.0 Å². The fourth-order valence-electron chi connectivity index (χ4n) is 2.06. The molecule has 2 rings (SSSR count). The van der Waals surface area contributed by atoms with Crippen molar-refractivity contribution in [3.8, 4) is 0 Å². The van der Waals surface area contributed by atoms with Gasteiger partial charge in [-0.05, 0) is 17.5 Å². The minimum absolute atomic E-state index is 0.0176. The fourth-order valence-corrected chi connectivity index (χ4v) is 2.06. The summed E-state index contributed by atoms with van der Waals surface area (Å²) in [7, 11) is 0. The van der Waals surface area contributed by atoms with E-state index in [2.05, 4.69) is 5.32 Å². The van der Waals surface area contributed by atoms with Gasteiger partial charge in [0, 0.05) is 19.5 Å². The van der Waals surface area contributed by atoms with Gasteiger partial charge < -0.3 is 15.3 Å². The van der Waals surface area contributed by atoms with Crippen LogP contribution in [0.25, 0.3) is 0 Å². The van der Waals surface area contributed by atoms with E-state index >= 15 is 0 Å². The third-order valence-corrected chi connectivity index (χ3v) is 3.20. The Kier molecular flexibility index (Phi) is 4.52. The van der Waals surface area contributed by atoms with Crippen LogP contribution in [0.5, 0.6) is 0 Å². The zero-order valence-corrected chi connectivity index (χ0v) is 10.8. The molecule has 0 atom stereocenters. The van der Waals surface area contributed by atoms with Gasteiger partial charge in [0.25, 0.3) is 0 Å². The maximum absolute atomic E-state index is 11.7. The molecule has 0 unspecified atom stereocenters. The highest BCUT2D eigenvalue weighted by Crippen LogP contribution is 2.08. The number of nitrogens with one attached hydrogen (secondary N) is 1. The molecule has 1 heterocycles. The van der Waals surface area contributed by atoms with Crippen molar-refractivity contribution in [2.24, 2.45) is 0 Å². The predicted molar refractivity (Wildman–Crippen MR) is 70.0 cm³/mol. The first-order valence-electron chi connectivity index (χ1n) is 6.42. The second-order valence-electron chi connectivity index (χ2n) is 4.67. The monoisotopic (exact) mass is 262 g/mol. The van der Waals surface area contributed by atoms with Gasteiger partial charge in [-0.25, -0.2) is 0 Å². The molecule has 1 aromatic carbocycles. The van der Waals surface area contributed by atoms with Gasteiger partial charge in [0.15, 0.2) is 0 Å². The van der Waals surface area contributed by atoms with E-state index in [1.807, 2.05) is 24.3 Å². The first kappa shape index (κ1) is 13.5. The molecule has 0 saturated carbocycles. The molecule has 19 heavy (non-hydrogen) atoms. The lowest BCUT2D eigenvalue weighted by Crippen LogP contribution is -2.37. The van der Waals surface area contributed by atoms with Crippen LogP contribution in [0.3, 0.4) is 0 Å². The predicted octanol–water partition coefficient (Wildman–Crippen LogP) is 0.418. The number of aliphatic hydroxyl groups is 1. The van der Waals surface area contributed by atoms with Crippen LogP contribution in [-0.4, -0.2) is 34.9 Å². The lowest BCUT2D eigenvalue weighted by atomic mass is 10.1. The first-order valence-corrected chi connectivity index (χ1v) is 6.42. The molecule has 2 N–H and O–H groups in total. The van der Waals surface area contributed by atoms with Gasteiger partial charge in [-0.15, -0.1) is 0 Å². The van der Waals surface area contributed by atoms with Gasteiger partial charge in [0.2, 0.25) is 11.8 Å². The Bertz CT molecular complexity index is 456. The number of likely N-dealkylation sites (tertiary alicyclic amines) is 1. The third-order valence-electron chi connectivity index (χ3n) is 3.20. The normalized spacial score (nSPS) is 14.8. The summed E-state index contributed by atoms with van der Waals surface area (Å²) in [5, 5.41) is 11.7. The number of hydrogen-bond acceptors (Lipinski definition) is 3. The van der Waals surface area contributed by atoms with E-state index in [0.717, 1.165) is 17.5 Å². The van der Waals surface area contributed by atoms with Crippen LogP contribution in [0.15, 0.2) is 24.3 Å². The minimum Gasteiger partial charge on any atom is -0.392 e. The van der Waals surface area contributed by atoms with Gasteiger partial charge in [0.1, 0.15) is 0 Å². The molecular weight excluding hydrogens is 244 g/mol. The molecule has 1 aliphatic heterocycles. The summed E-state index contributed by atoms with van der Waals surface area (Å²) in [6.07, 6.45) is 1.39. The highest BCUT2D eigenvalue weighted by atomic mass is 16.3. The molecule has 102 valence electrons. The maximum Gasteiger partial charge on any atom is 0.239 e. The molecule has 0 spiro atoms. The Morgan fingerprint density at radius 3 is 2.53 bits per heavy atom. The Morgan fingerprint density at radius 1 is 1.26 bits per heavy atom. The molecule has 2 amide bonds. The van der Waals surface area contributed by atoms with Crippen molar-refractivity contribution in [1.29, 1.82) is 0 Å². The van der Waals surface area contributed by atoms with E-state index in [4.69, 9.17) is 5.11 Å². The lowest BCUT2D eigenvalue weighted by molar-refractivity contribution is -0.133. The summed E-state index contributed by atoms with van der Waals surface area (Å²) >= 11 is 0. The zero-order chi connectivity index (χ0) is 13.7. The molecule has 0 aromatic heterocycles. The molecule has 0 radical (unpaired) electrons. The number of benzene rings is 1. The number of amides is 2. The van der Waals surface area contributed by atoms with Crippen molar-refractivity contribution < 1.29 is 14.7 Å². The standard InChI is InChI=1S/C14H18N2O3/c17-10-12-5-3-11(4-6-12)8-15-13(18)9-16-7-1-2-14(16)19/h3-6,17H,1-2,7-10H2,(H,15,18). The average molecular weight is 262 g/mol. The Hall–Kier alpha value is -1.88. The molecule has 0 aliphatic carbocycles. The molecule has 1 saturated heterocycles. The van der Waals surface area contributed by atoms with Crippen molar-refractivity contribution in [3.05, 3.63) is 35.4 Å². The van der Waals surface area contributed by atoms with Crippen LogP contribution in [-0.2, 0) is 22.7 Å². The summed E-state index contributed by atoms with van der Waals surface area (Å²) < 4.78 is 0. The molecule has 5 nitrogen and oxygen atoms in total. The van der Waals surface area contributed by atoms with Crippen molar-refractivity contribution in [3.63, 3.8) is 0 Å². The fraction of sp³-hybridized carbons (Fsp3) is 0.429. The highest BCUT2D eigenvalue weighted by molar-refractivity contribution is 5.85. The summed E-state index contributed by atoms with van der Waals surface area (Å²) in [5.74, 6) is -0.0797. The number of aliphatic hydroxyl groups excluding tert-OH is 1. The van der Waals surface area contributed by atoms with Crippen molar-refractivity contribution >= 4 is 11.8 Å². The minimum atomic E-state index is -0.138. The quantitative estimate of drug-likeness (QED) is 0.808. The van der Waals surface area contributed by atoms with Crippen LogP contribution < -0.4 is 5.32 Å². The zero-order valence-electron chi connectivity index (χ0n) is 10.8. The Labute approximate surface area is 112 Å². The van der Waals surface area contributed by atoms with Crippen molar-refractivity contribution in [2.75, 3.05) is 13.1 Å². The van der Waals surface area contributed by atoms with Gasteiger partial charge in [0.05, 0.1) is 13.2 Å². The van der Waals surface area contributed by atoms with Crippen LogP contribution in [0.2, 0.25) is 0 Å². The lowest BCUT2D eigenvalue weighted by Gasteiger charge is -2.15. The topological polar surface area (TPSA) is 69.6 Å². The largest absolute Gasteiger partial charge is 0.392 e. The van der Waals surface area contributed by atoms with Gasteiger partial charge >= 0.3 is 0 Å². The summed E-state index contributed by atoms with van der Waals surface area (Å²) in [6.45, 7) is 1.28. The number of hydrogen-bond donors (Lipinski definition) is 2. The molecule has 5 heteroatoms. The first-order chi connectivity index (χ1) is 9.19.